The minimum absolute atomic E-state index is 0.0404. The molecule has 0 aliphatic carbocycles. The molecule has 0 unspecified atom stereocenters. The number of anilines is 1. The third-order valence-electron chi connectivity index (χ3n) is 3.14. The molecule has 1 aromatic heterocycles. The Kier molecular flexibility index (Phi) is 4.98. The predicted octanol–water partition coefficient (Wildman–Crippen LogP) is 3.50. The molecule has 1 aromatic carbocycles. The second kappa shape index (κ2) is 6.72. The lowest BCUT2D eigenvalue weighted by molar-refractivity contribution is -0.120. The average Bonchev–Trinajstić information content (AvgIpc) is 2.93. The summed E-state index contributed by atoms with van der Waals surface area (Å²) in [4.78, 5) is 14.1. The first-order valence-electron chi connectivity index (χ1n) is 6.35. The predicted molar refractivity (Wildman–Crippen MR) is 82.4 cm³/mol. The summed E-state index contributed by atoms with van der Waals surface area (Å²) >= 11 is 3.37. The van der Waals surface area contributed by atoms with Crippen LogP contribution in [0.1, 0.15) is 12.7 Å². The van der Waals surface area contributed by atoms with Gasteiger partial charge in [-0.3, -0.25) is 9.69 Å². The monoisotopic (exact) mass is 336 g/mol. The highest BCUT2D eigenvalue weighted by Crippen LogP contribution is 2.15. The number of amides is 1. The quantitative estimate of drug-likeness (QED) is 0.908. The van der Waals surface area contributed by atoms with Crippen LogP contribution in [0.15, 0.2) is 51.6 Å². The van der Waals surface area contributed by atoms with Gasteiger partial charge in [0.05, 0.1) is 18.8 Å². The number of nitrogens with one attached hydrogen (secondary N) is 1. The molecule has 1 N–H and O–H groups in total. The van der Waals surface area contributed by atoms with Crippen molar-refractivity contribution < 1.29 is 9.21 Å². The third-order valence-corrected chi connectivity index (χ3v) is 3.67. The van der Waals surface area contributed by atoms with Crippen LogP contribution in [-0.4, -0.2) is 23.9 Å². The maximum atomic E-state index is 12.2. The molecule has 0 saturated heterocycles. The van der Waals surface area contributed by atoms with Crippen molar-refractivity contribution in [2.24, 2.45) is 0 Å². The van der Waals surface area contributed by atoms with E-state index in [-0.39, 0.29) is 11.9 Å². The lowest BCUT2D eigenvalue weighted by atomic mass is 10.2. The van der Waals surface area contributed by atoms with E-state index < -0.39 is 0 Å². The Balaban J connectivity index is 1.92. The van der Waals surface area contributed by atoms with Gasteiger partial charge in [0, 0.05) is 10.2 Å². The van der Waals surface area contributed by atoms with Gasteiger partial charge in [-0.2, -0.15) is 0 Å². The van der Waals surface area contributed by atoms with Crippen LogP contribution in [0.25, 0.3) is 0 Å². The van der Waals surface area contributed by atoms with Crippen LogP contribution >= 0.6 is 15.9 Å². The summed E-state index contributed by atoms with van der Waals surface area (Å²) in [5.41, 5.74) is 0.788. The van der Waals surface area contributed by atoms with Gasteiger partial charge >= 0.3 is 0 Å². The first-order chi connectivity index (χ1) is 9.56. The number of hydrogen-bond acceptors (Lipinski definition) is 3. The molecule has 5 heteroatoms. The van der Waals surface area contributed by atoms with Gasteiger partial charge in [-0.25, -0.2) is 0 Å². The summed E-state index contributed by atoms with van der Waals surface area (Å²) in [6.07, 6.45) is 1.63. The SMILES string of the molecule is C[C@H](C(=O)Nc1ccc(Br)cc1)N(C)Cc1ccco1. The Morgan fingerprint density at radius 1 is 1.35 bits per heavy atom. The molecule has 20 heavy (non-hydrogen) atoms. The summed E-state index contributed by atoms with van der Waals surface area (Å²) in [5.74, 6) is 0.803. The van der Waals surface area contributed by atoms with Crippen LogP contribution < -0.4 is 5.32 Å². The number of furan rings is 1. The molecule has 106 valence electrons. The number of likely N-dealkylation sites (N-methyl/N-ethyl adjacent to an activating group) is 1. The molecule has 0 fully saturated rings. The largest absolute Gasteiger partial charge is 0.468 e. The van der Waals surface area contributed by atoms with E-state index >= 15 is 0 Å². The maximum absolute atomic E-state index is 12.2. The number of carbonyl (C=O) groups is 1. The lowest BCUT2D eigenvalue weighted by Crippen LogP contribution is -2.39. The zero-order chi connectivity index (χ0) is 14.5. The molecule has 0 spiro atoms. The van der Waals surface area contributed by atoms with Crippen molar-refractivity contribution in [1.82, 2.24) is 4.90 Å². The van der Waals surface area contributed by atoms with Crippen molar-refractivity contribution in [3.63, 3.8) is 0 Å². The Labute approximate surface area is 126 Å². The Hall–Kier alpha value is -1.59. The van der Waals surface area contributed by atoms with E-state index in [4.69, 9.17) is 4.42 Å². The van der Waals surface area contributed by atoms with Gasteiger partial charge in [0.15, 0.2) is 0 Å². The average molecular weight is 337 g/mol. The molecule has 0 aliphatic heterocycles. The summed E-state index contributed by atoms with van der Waals surface area (Å²) in [6, 6.07) is 11.0. The van der Waals surface area contributed by atoms with Crippen molar-refractivity contribution in [1.29, 1.82) is 0 Å². The second-order valence-electron chi connectivity index (χ2n) is 4.67. The van der Waals surface area contributed by atoms with Crippen LogP contribution in [0.5, 0.6) is 0 Å². The van der Waals surface area contributed by atoms with Gasteiger partial charge in [0.2, 0.25) is 5.91 Å². The van der Waals surface area contributed by atoms with Crippen molar-refractivity contribution >= 4 is 27.5 Å². The van der Waals surface area contributed by atoms with Crippen molar-refractivity contribution in [2.45, 2.75) is 19.5 Å². The molecular weight excluding hydrogens is 320 g/mol. The number of hydrogen-bond donors (Lipinski definition) is 1. The lowest BCUT2D eigenvalue weighted by Gasteiger charge is -2.22. The highest BCUT2D eigenvalue weighted by molar-refractivity contribution is 9.10. The molecular formula is C15H17BrN2O2. The fourth-order valence-electron chi connectivity index (χ4n) is 1.77. The van der Waals surface area contributed by atoms with Crippen LogP contribution in [0.4, 0.5) is 5.69 Å². The summed E-state index contributed by atoms with van der Waals surface area (Å²) in [5, 5.41) is 2.90. The van der Waals surface area contributed by atoms with Crippen molar-refractivity contribution in [3.05, 3.63) is 52.9 Å². The van der Waals surface area contributed by atoms with E-state index in [1.54, 1.807) is 6.26 Å². The fraction of sp³-hybridized carbons (Fsp3) is 0.267. The molecule has 1 heterocycles. The first-order valence-corrected chi connectivity index (χ1v) is 7.14. The molecule has 2 aromatic rings. The molecule has 0 aliphatic rings. The van der Waals surface area contributed by atoms with Gasteiger partial charge in [0.25, 0.3) is 0 Å². The van der Waals surface area contributed by atoms with E-state index in [1.165, 1.54) is 0 Å². The molecule has 4 nitrogen and oxygen atoms in total. The minimum atomic E-state index is -0.247. The number of carbonyl (C=O) groups excluding carboxylic acids is 1. The smallest absolute Gasteiger partial charge is 0.241 e. The van der Waals surface area contributed by atoms with Gasteiger partial charge in [0.1, 0.15) is 5.76 Å². The van der Waals surface area contributed by atoms with Crippen LogP contribution in [0.3, 0.4) is 0 Å². The van der Waals surface area contributed by atoms with E-state index in [1.807, 2.05) is 55.3 Å². The Morgan fingerprint density at radius 3 is 2.65 bits per heavy atom. The Morgan fingerprint density at radius 2 is 2.05 bits per heavy atom. The molecule has 0 bridgehead atoms. The molecule has 1 amide bonds. The second-order valence-corrected chi connectivity index (χ2v) is 5.58. The van der Waals surface area contributed by atoms with E-state index in [0.29, 0.717) is 6.54 Å². The first kappa shape index (κ1) is 14.8. The van der Waals surface area contributed by atoms with Crippen LogP contribution in [0, 0.1) is 0 Å². The highest BCUT2D eigenvalue weighted by atomic mass is 79.9. The van der Waals surface area contributed by atoms with Gasteiger partial charge < -0.3 is 9.73 Å². The minimum Gasteiger partial charge on any atom is -0.468 e. The number of nitrogens with zero attached hydrogens (tertiary/aromatic N) is 1. The fourth-order valence-corrected chi connectivity index (χ4v) is 2.03. The highest BCUT2D eigenvalue weighted by Gasteiger charge is 2.18. The van der Waals surface area contributed by atoms with Gasteiger partial charge in [-0.15, -0.1) is 0 Å². The standard InChI is InChI=1S/C15H17BrN2O2/c1-11(18(2)10-14-4-3-9-20-14)15(19)17-13-7-5-12(16)6-8-13/h3-9,11H,10H2,1-2H3,(H,17,19)/t11-/m1/s1. The zero-order valence-corrected chi connectivity index (χ0v) is 13.1. The van der Waals surface area contributed by atoms with Crippen molar-refractivity contribution in [3.8, 4) is 0 Å². The van der Waals surface area contributed by atoms with Gasteiger partial charge in [-0.05, 0) is 50.4 Å². The molecule has 0 saturated carbocycles. The summed E-state index contributed by atoms with van der Waals surface area (Å²) in [6.45, 7) is 2.47. The summed E-state index contributed by atoms with van der Waals surface area (Å²) < 4.78 is 6.27. The van der Waals surface area contributed by atoms with Crippen LogP contribution in [-0.2, 0) is 11.3 Å². The Bertz CT molecular complexity index is 552. The van der Waals surface area contributed by atoms with E-state index in [9.17, 15) is 4.79 Å². The maximum Gasteiger partial charge on any atom is 0.241 e. The number of halogens is 1. The molecule has 2 rings (SSSR count). The van der Waals surface area contributed by atoms with Gasteiger partial charge in [-0.1, -0.05) is 15.9 Å². The van der Waals surface area contributed by atoms with E-state index in [0.717, 1.165) is 15.9 Å². The summed E-state index contributed by atoms with van der Waals surface area (Å²) in [7, 11) is 1.90. The van der Waals surface area contributed by atoms with E-state index in [2.05, 4.69) is 21.2 Å². The third kappa shape index (κ3) is 3.95. The molecule has 1 atom stereocenters. The topological polar surface area (TPSA) is 45.5 Å². The van der Waals surface area contributed by atoms with Crippen molar-refractivity contribution in [2.75, 3.05) is 12.4 Å². The molecule has 0 radical (unpaired) electrons. The number of rotatable bonds is 5. The number of benzene rings is 1. The normalized spacial score (nSPS) is 12.4. The van der Waals surface area contributed by atoms with Crippen LogP contribution in [0.2, 0.25) is 0 Å². The zero-order valence-electron chi connectivity index (χ0n) is 11.5.